The third kappa shape index (κ3) is 3.67. The molecule has 0 aromatic heterocycles. The molecule has 1 heterocycles. The van der Waals surface area contributed by atoms with Crippen LogP contribution in [-0.4, -0.2) is 25.2 Å². The van der Waals surface area contributed by atoms with E-state index in [9.17, 15) is 4.79 Å². The van der Waals surface area contributed by atoms with Crippen molar-refractivity contribution in [3.8, 4) is 11.5 Å². The maximum Gasteiger partial charge on any atom is 0.224 e. The summed E-state index contributed by atoms with van der Waals surface area (Å²) in [6, 6.07) is 3.95. The molecule has 22 heavy (non-hydrogen) atoms. The first-order valence-corrected chi connectivity index (χ1v) is 8.37. The Morgan fingerprint density at radius 3 is 2.95 bits per heavy atom. The highest BCUT2D eigenvalue weighted by Crippen LogP contribution is 2.38. The van der Waals surface area contributed by atoms with E-state index in [-0.39, 0.29) is 5.91 Å². The van der Waals surface area contributed by atoms with Crippen molar-refractivity contribution in [3.05, 3.63) is 22.7 Å². The molecule has 5 heteroatoms. The van der Waals surface area contributed by atoms with Crippen LogP contribution in [0.3, 0.4) is 0 Å². The molecular formula is C17H22ClNO3. The Bertz CT molecular complexity index is 561. The summed E-state index contributed by atoms with van der Waals surface area (Å²) in [5, 5.41) is 3.65. The van der Waals surface area contributed by atoms with E-state index in [0.717, 1.165) is 18.4 Å². The number of benzene rings is 1. The molecule has 1 aliphatic heterocycles. The smallest absolute Gasteiger partial charge is 0.224 e. The minimum absolute atomic E-state index is 0.0480. The number of hydrogen-bond acceptors (Lipinski definition) is 3. The molecule has 4 nitrogen and oxygen atoms in total. The molecule has 1 fully saturated rings. The Hall–Kier alpha value is -1.42. The van der Waals surface area contributed by atoms with Crippen LogP contribution in [0.2, 0.25) is 5.02 Å². The van der Waals surface area contributed by atoms with Gasteiger partial charge in [0.1, 0.15) is 13.2 Å². The SMILES string of the molecule is CC1CCCC(NC(=O)Cc2cc(Cl)c3c(c2)OCCO3)C1. The molecule has 0 spiro atoms. The number of rotatable bonds is 3. The van der Waals surface area contributed by atoms with Gasteiger partial charge in [-0.05, 0) is 36.5 Å². The number of nitrogens with one attached hydrogen (secondary N) is 1. The number of hydrogen-bond donors (Lipinski definition) is 1. The molecule has 120 valence electrons. The molecule has 0 radical (unpaired) electrons. The molecule has 1 aromatic rings. The lowest BCUT2D eigenvalue weighted by molar-refractivity contribution is -0.121. The number of halogens is 1. The van der Waals surface area contributed by atoms with Gasteiger partial charge in [0, 0.05) is 6.04 Å². The van der Waals surface area contributed by atoms with Crippen LogP contribution in [0.1, 0.15) is 38.2 Å². The Kier molecular flexibility index (Phi) is 4.77. The summed E-state index contributed by atoms with van der Waals surface area (Å²) in [4.78, 5) is 12.2. The van der Waals surface area contributed by atoms with Gasteiger partial charge >= 0.3 is 0 Å². The molecule has 2 unspecified atom stereocenters. The number of carbonyl (C=O) groups is 1. The number of ether oxygens (including phenoxy) is 2. The topological polar surface area (TPSA) is 47.6 Å². The lowest BCUT2D eigenvalue weighted by Gasteiger charge is -2.27. The van der Waals surface area contributed by atoms with Crippen LogP contribution in [0.25, 0.3) is 0 Å². The molecule has 0 saturated heterocycles. The van der Waals surface area contributed by atoms with Gasteiger partial charge in [0.05, 0.1) is 11.4 Å². The monoisotopic (exact) mass is 323 g/mol. The standard InChI is InChI=1S/C17H22ClNO3/c1-11-3-2-4-13(7-11)19-16(20)10-12-8-14(18)17-15(9-12)21-5-6-22-17/h8-9,11,13H,2-7,10H2,1H3,(H,19,20). The van der Waals surface area contributed by atoms with Gasteiger partial charge in [-0.3, -0.25) is 4.79 Å². The highest BCUT2D eigenvalue weighted by atomic mass is 35.5. The van der Waals surface area contributed by atoms with E-state index in [1.807, 2.05) is 6.07 Å². The molecule has 2 aliphatic rings. The quantitative estimate of drug-likeness (QED) is 0.928. The van der Waals surface area contributed by atoms with Gasteiger partial charge in [0.15, 0.2) is 11.5 Å². The second kappa shape index (κ2) is 6.78. The van der Waals surface area contributed by atoms with Crippen molar-refractivity contribution in [1.82, 2.24) is 5.32 Å². The van der Waals surface area contributed by atoms with Crippen LogP contribution >= 0.6 is 11.6 Å². The van der Waals surface area contributed by atoms with Crippen molar-refractivity contribution in [2.45, 2.75) is 45.1 Å². The minimum atomic E-state index is 0.0480. The normalized spacial score (nSPS) is 23.9. The van der Waals surface area contributed by atoms with E-state index >= 15 is 0 Å². The zero-order valence-corrected chi connectivity index (χ0v) is 13.6. The molecule has 1 N–H and O–H groups in total. The fraction of sp³-hybridized carbons (Fsp3) is 0.588. The number of amides is 1. The fourth-order valence-electron chi connectivity index (χ4n) is 3.30. The minimum Gasteiger partial charge on any atom is -0.486 e. The summed E-state index contributed by atoms with van der Waals surface area (Å²) in [6.07, 6.45) is 4.94. The first-order chi connectivity index (χ1) is 10.6. The van der Waals surface area contributed by atoms with Crippen LogP contribution in [0, 0.1) is 5.92 Å². The zero-order valence-electron chi connectivity index (χ0n) is 12.9. The van der Waals surface area contributed by atoms with Crippen LogP contribution < -0.4 is 14.8 Å². The molecule has 1 aromatic carbocycles. The summed E-state index contributed by atoms with van der Waals surface area (Å²) >= 11 is 6.21. The fourth-order valence-corrected chi connectivity index (χ4v) is 3.58. The van der Waals surface area contributed by atoms with Crippen molar-refractivity contribution in [2.24, 2.45) is 5.92 Å². The van der Waals surface area contributed by atoms with Gasteiger partial charge in [-0.1, -0.05) is 31.4 Å². The van der Waals surface area contributed by atoms with Gasteiger partial charge in [-0.15, -0.1) is 0 Å². The predicted molar refractivity (Wildman–Crippen MR) is 85.7 cm³/mol. The maximum absolute atomic E-state index is 12.2. The second-order valence-corrected chi connectivity index (χ2v) is 6.72. The van der Waals surface area contributed by atoms with Crippen molar-refractivity contribution >= 4 is 17.5 Å². The van der Waals surface area contributed by atoms with Gasteiger partial charge in [0.25, 0.3) is 0 Å². The Balaban J connectivity index is 1.62. The summed E-state index contributed by atoms with van der Waals surface area (Å²) in [5.74, 6) is 1.96. The second-order valence-electron chi connectivity index (χ2n) is 6.31. The zero-order chi connectivity index (χ0) is 15.5. The molecule has 1 aliphatic carbocycles. The van der Waals surface area contributed by atoms with E-state index in [4.69, 9.17) is 21.1 Å². The summed E-state index contributed by atoms with van der Waals surface area (Å²) in [6.45, 7) is 3.27. The van der Waals surface area contributed by atoms with E-state index in [2.05, 4.69) is 12.2 Å². The summed E-state index contributed by atoms with van der Waals surface area (Å²) in [5.41, 5.74) is 0.857. The predicted octanol–water partition coefficient (Wildman–Crippen LogP) is 3.35. The van der Waals surface area contributed by atoms with Crippen molar-refractivity contribution in [2.75, 3.05) is 13.2 Å². The number of fused-ring (bicyclic) bond motifs is 1. The van der Waals surface area contributed by atoms with Crippen LogP contribution in [-0.2, 0) is 11.2 Å². The van der Waals surface area contributed by atoms with E-state index in [1.165, 1.54) is 12.8 Å². The van der Waals surface area contributed by atoms with Gasteiger partial charge in [-0.25, -0.2) is 0 Å². The van der Waals surface area contributed by atoms with Crippen molar-refractivity contribution in [1.29, 1.82) is 0 Å². The molecule has 0 bridgehead atoms. The lowest BCUT2D eigenvalue weighted by atomic mass is 9.87. The van der Waals surface area contributed by atoms with Gasteiger partial charge < -0.3 is 14.8 Å². The Morgan fingerprint density at radius 2 is 2.14 bits per heavy atom. The maximum atomic E-state index is 12.2. The van der Waals surface area contributed by atoms with Crippen molar-refractivity contribution < 1.29 is 14.3 Å². The largest absolute Gasteiger partial charge is 0.486 e. The Labute approximate surface area is 136 Å². The molecule has 1 amide bonds. The van der Waals surface area contributed by atoms with E-state index in [1.54, 1.807) is 6.07 Å². The van der Waals surface area contributed by atoms with Gasteiger partial charge in [-0.2, -0.15) is 0 Å². The lowest BCUT2D eigenvalue weighted by Crippen LogP contribution is -2.38. The number of carbonyl (C=O) groups excluding carboxylic acids is 1. The molecule has 3 rings (SSSR count). The summed E-state index contributed by atoms with van der Waals surface area (Å²) < 4.78 is 11.0. The summed E-state index contributed by atoms with van der Waals surface area (Å²) in [7, 11) is 0. The third-order valence-electron chi connectivity index (χ3n) is 4.32. The van der Waals surface area contributed by atoms with Gasteiger partial charge in [0.2, 0.25) is 5.91 Å². The highest BCUT2D eigenvalue weighted by molar-refractivity contribution is 6.32. The first kappa shape index (κ1) is 15.5. The third-order valence-corrected chi connectivity index (χ3v) is 4.60. The molecule has 2 atom stereocenters. The van der Waals surface area contributed by atoms with E-state index in [0.29, 0.717) is 48.1 Å². The van der Waals surface area contributed by atoms with Crippen LogP contribution in [0.5, 0.6) is 11.5 Å². The Morgan fingerprint density at radius 1 is 1.32 bits per heavy atom. The van der Waals surface area contributed by atoms with E-state index < -0.39 is 0 Å². The highest BCUT2D eigenvalue weighted by Gasteiger charge is 2.21. The molecule has 1 saturated carbocycles. The van der Waals surface area contributed by atoms with Crippen LogP contribution in [0.15, 0.2) is 12.1 Å². The first-order valence-electron chi connectivity index (χ1n) is 7.99. The van der Waals surface area contributed by atoms with Crippen molar-refractivity contribution in [3.63, 3.8) is 0 Å². The molecular weight excluding hydrogens is 302 g/mol. The average Bonchev–Trinajstić information content (AvgIpc) is 2.47. The average molecular weight is 324 g/mol. The van der Waals surface area contributed by atoms with Crippen LogP contribution in [0.4, 0.5) is 0 Å².